The number of fused-ring (bicyclic) bond motifs is 1. The van der Waals surface area contributed by atoms with Crippen molar-refractivity contribution in [2.45, 2.75) is 12.5 Å². The lowest BCUT2D eigenvalue weighted by Crippen LogP contribution is -2.32. The number of hydrogen-bond donors (Lipinski definition) is 2. The molecule has 1 unspecified atom stereocenters. The highest BCUT2D eigenvalue weighted by Crippen LogP contribution is 2.25. The summed E-state index contributed by atoms with van der Waals surface area (Å²) in [6.45, 7) is 0.871. The molecule has 2 aromatic carbocycles. The Labute approximate surface area is 134 Å². The van der Waals surface area contributed by atoms with Crippen LogP contribution in [0.25, 0.3) is 0 Å². The van der Waals surface area contributed by atoms with Crippen molar-refractivity contribution in [2.75, 3.05) is 19.8 Å². The van der Waals surface area contributed by atoms with Gasteiger partial charge in [-0.25, -0.2) is 0 Å². The number of hydrogen-bond acceptors (Lipinski definition) is 4. The van der Waals surface area contributed by atoms with Crippen molar-refractivity contribution >= 4 is 5.91 Å². The number of nitrogens with one attached hydrogen (secondary N) is 1. The van der Waals surface area contributed by atoms with Crippen molar-refractivity contribution in [1.82, 2.24) is 5.32 Å². The molecule has 2 N–H and O–H groups in total. The predicted octanol–water partition coefficient (Wildman–Crippen LogP) is 1.79. The second-order valence-electron chi connectivity index (χ2n) is 5.38. The highest BCUT2D eigenvalue weighted by Gasteiger charge is 2.20. The lowest BCUT2D eigenvalue weighted by Gasteiger charge is -2.20. The molecule has 0 bridgehead atoms. The van der Waals surface area contributed by atoms with E-state index in [1.54, 1.807) is 12.1 Å². The SMILES string of the molecule is O=C1NCCc2c(OCC(O)COc3ccccc3)cccc21. The van der Waals surface area contributed by atoms with Crippen molar-refractivity contribution in [3.63, 3.8) is 0 Å². The maximum Gasteiger partial charge on any atom is 0.251 e. The van der Waals surface area contributed by atoms with Crippen LogP contribution >= 0.6 is 0 Å². The minimum absolute atomic E-state index is 0.0790. The highest BCUT2D eigenvalue weighted by molar-refractivity contribution is 5.97. The van der Waals surface area contributed by atoms with Crippen molar-refractivity contribution < 1.29 is 19.4 Å². The lowest BCUT2D eigenvalue weighted by atomic mass is 9.99. The minimum Gasteiger partial charge on any atom is -0.491 e. The quantitative estimate of drug-likeness (QED) is 0.853. The maximum absolute atomic E-state index is 11.8. The van der Waals surface area contributed by atoms with E-state index in [0.29, 0.717) is 23.6 Å². The highest BCUT2D eigenvalue weighted by atomic mass is 16.5. The summed E-state index contributed by atoms with van der Waals surface area (Å²) in [6.07, 6.45) is -0.0168. The number of amides is 1. The Balaban J connectivity index is 1.56. The van der Waals surface area contributed by atoms with Crippen molar-refractivity contribution in [3.05, 3.63) is 59.7 Å². The summed E-state index contributed by atoms with van der Waals surface area (Å²) in [7, 11) is 0. The fourth-order valence-electron chi connectivity index (χ4n) is 2.51. The molecule has 1 atom stereocenters. The fourth-order valence-corrected chi connectivity index (χ4v) is 2.51. The van der Waals surface area contributed by atoms with Crippen molar-refractivity contribution in [1.29, 1.82) is 0 Å². The monoisotopic (exact) mass is 313 g/mol. The molecular formula is C18H19NO4. The first-order chi connectivity index (χ1) is 11.2. The third kappa shape index (κ3) is 3.81. The van der Waals surface area contributed by atoms with Crippen LogP contribution in [0, 0.1) is 0 Å². The number of aliphatic hydroxyl groups excluding tert-OH is 1. The molecule has 1 amide bonds. The van der Waals surface area contributed by atoms with E-state index in [1.165, 1.54) is 0 Å². The minimum atomic E-state index is -0.747. The van der Waals surface area contributed by atoms with Gasteiger partial charge in [0.15, 0.2) is 0 Å². The van der Waals surface area contributed by atoms with Crippen LogP contribution in [0.1, 0.15) is 15.9 Å². The van der Waals surface area contributed by atoms with Gasteiger partial charge in [-0.2, -0.15) is 0 Å². The molecular weight excluding hydrogens is 294 g/mol. The Morgan fingerprint density at radius 1 is 1.04 bits per heavy atom. The molecule has 5 nitrogen and oxygen atoms in total. The van der Waals surface area contributed by atoms with E-state index in [-0.39, 0.29) is 19.1 Å². The number of aliphatic hydroxyl groups is 1. The van der Waals surface area contributed by atoms with Gasteiger partial charge in [0, 0.05) is 17.7 Å². The van der Waals surface area contributed by atoms with Crippen LogP contribution in [0.3, 0.4) is 0 Å². The molecule has 1 aliphatic rings. The normalized spacial score (nSPS) is 14.6. The molecule has 0 fully saturated rings. The number of para-hydroxylation sites is 1. The number of rotatable bonds is 6. The Morgan fingerprint density at radius 3 is 2.65 bits per heavy atom. The first-order valence-electron chi connectivity index (χ1n) is 7.63. The summed E-state index contributed by atoms with van der Waals surface area (Å²) < 4.78 is 11.2. The van der Waals surface area contributed by atoms with Crippen LogP contribution in [0.5, 0.6) is 11.5 Å². The lowest BCUT2D eigenvalue weighted by molar-refractivity contribution is 0.0622. The van der Waals surface area contributed by atoms with E-state index in [0.717, 1.165) is 12.0 Å². The smallest absolute Gasteiger partial charge is 0.251 e. The number of carbonyl (C=O) groups is 1. The van der Waals surface area contributed by atoms with Crippen molar-refractivity contribution in [3.8, 4) is 11.5 Å². The molecule has 1 heterocycles. The van der Waals surface area contributed by atoms with Gasteiger partial charge in [-0.05, 0) is 30.7 Å². The van der Waals surface area contributed by atoms with Gasteiger partial charge in [-0.3, -0.25) is 4.79 Å². The van der Waals surface area contributed by atoms with Gasteiger partial charge in [0.1, 0.15) is 30.8 Å². The van der Waals surface area contributed by atoms with Gasteiger partial charge in [-0.1, -0.05) is 24.3 Å². The largest absolute Gasteiger partial charge is 0.491 e. The molecule has 0 radical (unpaired) electrons. The van der Waals surface area contributed by atoms with E-state index in [4.69, 9.17) is 9.47 Å². The summed E-state index contributed by atoms with van der Waals surface area (Å²) in [5, 5.41) is 12.8. The molecule has 23 heavy (non-hydrogen) atoms. The van der Waals surface area contributed by atoms with Crippen LogP contribution in [-0.2, 0) is 6.42 Å². The van der Waals surface area contributed by atoms with Crippen LogP contribution in [-0.4, -0.2) is 36.9 Å². The van der Waals surface area contributed by atoms with Gasteiger partial charge in [0.25, 0.3) is 5.91 Å². The van der Waals surface area contributed by atoms with Gasteiger partial charge in [0.05, 0.1) is 0 Å². The number of benzene rings is 2. The average molecular weight is 313 g/mol. The van der Waals surface area contributed by atoms with Gasteiger partial charge >= 0.3 is 0 Å². The molecule has 3 rings (SSSR count). The summed E-state index contributed by atoms with van der Waals surface area (Å²) in [4.78, 5) is 11.8. The summed E-state index contributed by atoms with van der Waals surface area (Å²) in [5.41, 5.74) is 1.54. The van der Waals surface area contributed by atoms with E-state index >= 15 is 0 Å². The standard InChI is InChI=1S/C18H19NO4/c20-13(11-22-14-5-2-1-3-6-14)12-23-17-8-4-7-16-15(17)9-10-19-18(16)21/h1-8,13,20H,9-12H2,(H,19,21). The second-order valence-corrected chi connectivity index (χ2v) is 5.38. The van der Waals surface area contributed by atoms with Gasteiger partial charge in [0.2, 0.25) is 0 Å². The van der Waals surface area contributed by atoms with Crippen LogP contribution in [0.4, 0.5) is 0 Å². The summed E-state index contributed by atoms with van der Waals surface area (Å²) >= 11 is 0. The molecule has 2 aromatic rings. The van der Waals surface area contributed by atoms with Crippen LogP contribution in [0.15, 0.2) is 48.5 Å². The topological polar surface area (TPSA) is 67.8 Å². The Hall–Kier alpha value is -2.53. The Kier molecular flexibility index (Phi) is 4.78. The zero-order valence-electron chi connectivity index (χ0n) is 12.7. The molecule has 0 saturated heterocycles. The molecule has 0 spiro atoms. The first-order valence-corrected chi connectivity index (χ1v) is 7.63. The Bertz CT molecular complexity index is 672. The van der Waals surface area contributed by atoms with E-state index in [2.05, 4.69) is 5.32 Å². The Morgan fingerprint density at radius 2 is 1.83 bits per heavy atom. The zero-order valence-corrected chi connectivity index (χ0v) is 12.7. The molecule has 5 heteroatoms. The van der Waals surface area contributed by atoms with Gasteiger partial charge in [-0.15, -0.1) is 0 Å². The second kappa shape index (κ2) is 7.15. The van der Waals surface area contributed by atoms with Crippen LogP contribution < -0.4 is 14.8 Å². The maximum atomic E-state index is 11.8. The third-order valence-electron chi connectivity index (χ3n) is 3.66. The number of ether oxygens (including phenoxy) is 2. The number of carbonyl (C=O) groups excluding carboxylic acids is 1. The summed E-state index contributed by atoms with van der Waals surface area (Å²) in [5.74, 6) is 1.28. The van der Waals surface area contributed by atoms with E-state index in [9.17, 15) is 9.90 Å². The molecule has 0 saturated carbocycles. The first kappa shape index (κ1) is 15.4. The van der Waals surface area contributed by atoms with Gasteiger partial charge < -0.3 is 19.9 Å². The third-order valence-corrected chi connectivity index (χ3v) is 3.66. The predicted molar refractivity (Wildman–Crippen MR) is 85.9 cm³/mol. The molecule has 0 aromatic heterocycles. The molecule has 120 valence electrons. The zero-order chi connectivity index (χ0) is 16.1. The van der Waals surface area contributed by atoms with E-state index < -0.39 is 6.10 Å². The molecule has 0 aliphatic carbocycles. The van der Waals surface area contributed by atoms with Crippen molar-refractivity contribution in [2.24, 2.45) is 0 Å². The molecule has 1 aliphatic heterocycles. The fraction of sp³-hybridized carbons (Fsp3) is 0.278. The average Bonchev–Trinajstić information content (AvgIpc) is 2.59. The summed E-state index contributed by atoms with van der Waals surface area (Å²) in [6, 6.07) is 14.7. The van der Waals surface area contributed by atoms with Crippen LogP contribution in [0.2, 0.25) is 0 Å². The van der Waals surface area contributed by atoms with E-state index in [1.807, 2.05) is 36.4 Å².